The Morgan fingerprint density at radius 2 is 1.96 bits per heavy atom. The van der Waals surface area contributed by atoms with Crippen molar-refractivity contribution in [3.63, 3.8) is 0 Å². The van der Waals surface area contributed by atoms with Crippen molar-refractivity contribution in [2.24, 2.45) is 10.9 Å². The third-order valence-electron chi connectivity index (χ3n) is 4.87. The van der Waals surface area contributed by atoms with Crippen molar-refractivity contribution in [1.29, 1.82) is 0 Å². The molecule has 0 bridgehead atoms. The molecule has 0 saturated carbocycles. The van der Waals surface area contributed by atoms with E-state index in [-0.39, 0.29) is 11.3 Å². The Morgan fingerprint density at radius 3 is 2.67 bits per heavy atom. The van der Waals surface area contributed by atoms with E-state index in [1.165, 1.54) is 18.2 Å². The van der Waals surface area contributed by atoms with Crippen LogP contribution in [-0.2, 0) is 12.8 Å². The molecule has 1 unspecified atom stereocenters. The molecule has 1 nitrogen and oxygen atoms in total. The van der Waals surface area contributed by atoms with Gasteiger partial charge in [-0.15, -0.1) is 0 Å². The maximum Gasteiger partial charge on any atom is 0.150 e. The van der Waals surface area contributed by atoms with Gasteiger partial charge in [0.15, 0.2) is 5.82 Å². The minimum atomic E-state index is -0.668. The lowest BCUT2D eigenvalue weighted by Crippen LogP contribution is -2.17. The maximum absolute atomic E-state index is 14.8. The van der Waals surface area contributed by atoms with Gasteiger partial charge in [-0.05, 0) is 72.8 Å². The standard InChI is InChI=1S/C22H18F3NS/c1-2-3-14-4-7-17-16(10-14)12-19(23)18(22(17)25)8-5-15-6-9-21(26-13-27)20(24)11-15/h6,9,11-12,14H,2-4,7,10H2,1H3. The zero-order valence-corrected chi connectivity index (χ0v) is 15.7. The van der Waals surface area contributed by atoms with Crippen LogP contribution < -0.4 is 0 Å². The summed E-state index contributed by atoms with van der Waals surface area (Å²) in [6.07, 6.45) is 4.35. The van der Waals surface area contributed by atoms with Crippen LogP contribution in [0.5, 0.6) is 0 Å². The van der Waals surface area contributed by atoms with Crippen LogP contribution in [0.1, 0.15) is 48.4 Å². The molecule has 0 N–H and O–H groups in total. The number of fused-ring (bicyclic) bond motifs is 1. The van der Waals surface area contributed by atoms with E-state index in [9.17, 15) is 13.2 Å². The highest BCUT2D eigenvalue weighted by Gasteiger charge is 2.24. The quantitative estimate of drug-likeness (QED) is 0.351. The Bertz CT molecular complexity index is 981. The van der Waals surface area contributed by atoms with Crippen LogP contribution in [0.15, 0.2) is 29.3 Å². The van der Waals surface area contributed by atoms with E-state index in [0.717, 1.165) is 30.9 Å². The number of hydrogen-bond acceptors (Lipinski definition) is 2. The first-order valence-electron chi connectivity index (χ1n) is 8.92. The Labute approximate surface area is 162 Å². The molecule has 0 spiro atoms. The smallest absolute Gasteiger partial charge is 0.150 e. The van der Waals surface area contributed by atoms with Crippen molar-refractivity contribution >= 4 is 23.1 Å². The fourth-order valence-electron chi connectivity index (χ4n) is 3.55. The summed E-state index contributed by atoms with van der Waals surface area (Å²) in [4.78, 5) is 3.58. The predicted molar refractivity (Wildman–Crippen MR) is 104 cm³/mol. The van der Waals surface area contributed by atoms with E-state index >= 15 is 0 Å². The van der Waals surface area contributed by atoms with Gasteiger partial charge >= 0.3 is 0 Å². The van der Waals surface area contributed by atoms with Crippen LogP contribution in [0.2, 0.25) is 0 Å². The first-order chi connectivity index (χ1) is 13.0. The molecule has 1 aliphatic rings. The molecule has 0 heterocycles. The highest BCUT2D eigenvalue weighted by atomic mass is 32.1. The van der Waals surface area contributed by atoms with E-state index in [1.54, 1.807) is 0 Å². The molecule has 138 valence electrons. The molecule has 2 aromatic rings. The summed E-state index contributed by atoms with van der Waals surface area (Å²) >= 11 is 4.45. The second kappa shape index (κ2) is 8.52. The lowest BCUT2D eigenvalue weighted by Gasteiger charge is -2.25. The minimum absolute atomic E-state index is 0.0447. The highest BCUT2D eigenvalue weighted by Crippen LogP contribution is 2.32. The summed E-state index contributed by atoms with van der Waals surface area (Å²) in [5.41, 5.74) is 1.39. The Kier molecular flexibility index (Phi) is 6.11. The van der Waals surface area contributed by atoms with Gasteiger partial charge in [0.05, 0.1) is 10.7 Å². The van der Waals surface area contributed by atoms with Crippen LogP contribution >= 0.6 is 12.2 Å². The van der Waals surface area contributed by atoms with E-state index < -0.39 is 17.5 Å². The lowest BCUT2D eigenvalue weighted by atomic mass is 9.81. The first kappa shape index (κ1) is 19.4. The van der Waals surface area contributed by atoms with Crippen LogP contribution in [-0.4, -0.2) is 5.16 Å². The summed E-state index contributed by atoms with van der Waals surface area (Å²) in [7, 11) is 0. The van der Waals surface area contributed by atoms with Crippen LogP contribution in [0.25, 0.3) is 0 Å². The Balaban J connectivity index is 1.92. The van der Waals surface area contributed by atoms with Gasteiger partial charge in [0, 0.05) is 5.56 Å². The molecular formula is C22H18F3NS. The van der Waals surface area contributed by atoms with Gasteiger partial charge in [-0.2, -0.15) is 4.99 Å². The third-order valence-corrected chi connectivity index (χ3v) is 4.96. The number of benzene rings is 2. The van der Waals surface area contributed by atoms with E-state index in [0.29, 0.717) is 29.9 Å². The molecule has 1 aliphatic carbocycles. The summed E-state index contributed by atoms with van der Waals surface area (Å²) in [5.74, 6) is 3.77. The summed E-state index contributed by atoms with van der Waals surface area (Å²) < 4.78 is 43.1. The number of nitrogens with zero attached hydrogens (tertiary/aromatic N) is 1. The van der Waals surface area contributed by atoms with Gasteiger partial charge < -0.3 is 0 Å². The molecule has 0 saturated heterocycles. The molecule has 0 radical (unpaired) electrons. The molecule has 27 heavy (non-hydrogen) atoms. The number of rotatable bonds is 3. The largest absolute Gasteiger partial charge is 0.206 e. The molecule has 1 atom stereocenters. The number of thiocarbonyl (C=S) groups is 1. The number of hydrogen-bond donors (Lipinski definition) is 0. The molecule has 5 heteroatoms. The normalized spacial score (nSPS) is 15.3. The van der Waals surface area contributed by atoms with Gasteiger partial charge in [-0.1, -0.05) is 31.6 Å². The van der Waals surface area contributed by atoms with Crippen molar-refractivity contribution in [2.45, 2.75) is 39.0 Å². The van der Waals surface area contributed by atoms with Crippen LogP contribution in [0.4, 0.5) is 18.9 Å². The van der Waals surface area contributed by atoms with Gasteiger partial charge in [0.2, 0.25) is 0 Å². The van der Waals surface area contributed by atoms with Crippen molar-refractivity contribution < 1.29 is 13.2 Å². The number of isothiocyanates is 1. The molecule has 0 amide bonds. The fourth-order valence-corrected chi connectivity index (χ4v) is 3.65. The van der Waals surface area contributed by atoms with Gasteiger partial charge in [-0.3, -0.25) is 0 Å². The summed E-state index contributed by atoms with van der Waals surface area (Å²) in [6, 6.07) is 5.47. The minimum Gasteiger partial charge on any atom is -0.206 e. The Morgan fingerprint density at radius 1 is 1.15 bits per heavy atom. The van der Waals surface area contributed by atoms with Gasteiger partial charge in [0.1, 0.15) is 17.3 Å². The SMILES string of the molecule is CCCC1CCc2c(cc(F)c(C#Cc3ccc(N=C=S)c(F)c3)c2F)C1. The molecule has 0 aliphatic heterocycles. The van der Waals surface area contributed by atoms with Crippen molar-refractivity contribution in [1.82, 2.24) is 0 Å². The number of aliphatic imine (C=N–C) groups is 1. The van der Waals surface area contributed by atoms with Gasteiger partial charge in [0.25, 0.3) is 0 Å². The predicted octanol–water partition coefficient (Wildman–Crippen LogP) is 6.14. The average Bonchev–Trinajstić information content (AvgIpc) is 2.64. The summed E-state index contributed by atoms with van der Waals surface area (Å²) in [5, 5.41) is 2.09. The molecule has 0 fully saturated rings. The number of halogens is 3. The molecule has 2 aromatic carbocycles. The monoisotopic (exact) mass is 385 g/mol. The third kappa shape index (κ3) is 4.30. The molecular weight excluding hydrogens is 367 g/mol. The maximum atomic E-state index is 14.8. The van der Waals surface area contributed by atoms with Crippen molar-refractivity contribution in [2.75, 3.05) is 0 Å². The second-order valence-corrected chi connectivity index (χ2v) is 6.88. The molecule has 0 aromatic heterocycles. The van der Waals surface area contributed by atoms with Crippen LogP contribution in [0.3, 0.4) is 0 Å². The van der Waals surface area contributed by atoms with E-state index in [2.05, 4.69) is 41.1 Å². The second-order valence-electron chi connectivity index (χ2n) is 6.70. The fraction of sp³-hybridized carbons (Fsp3) is 0.318. The van der Waals surface area contributed by atoms with Gasteiger partial charge in [-0.25, -0.2) is 13.2 Å². The zero-order valence-electron chi connectivity index (χ0n) is 14.9. The highest BCUT2D eigenvalue weighted by molar-refractivity contribution is 7.78. The first-order valence-corrected chi connectivity index (χ1v) is 9.33. The zero-order chi connectivity index (χ0) is 19.4. The average molecular weight is 385 g/mol. The van der Waals surface area contributed by atoms with Crippen LogP contribution in [0, 0.1) is 35.2 Å². The van der Waals surface area contributed by atoms with E-state index in [4.69, 9.17) is 0 Å². The lowest BCUT2D eigenvalue weighted by molar-refractivity contribution is 0.411. The van der Waals surface area contributed by atoms with E-state index in [1.807, 2.05) is 0 Å². The van der Waals surface area contributed by atoms with Crippen molar-refractivity contribution in [3.05, 3.63) is 64.0 Å². The topological polar surface area (TPSA) is 12.4 Å². The summed E-state index contributed by atoms with van der Waals surface area (Å²) in [6.45, 7) is 2.12. The Hall–Kier alpha value is -2.41. The molecule has 3 rings (SSSR count). The van der Waals surface area contributed by atoms with Crippen molar-refractivity contribution in [3.8, 4) is 11.8 Å².